The fraction of sp³-hybridized carbons (Fsp3) is 0.472. The molecule has 1 aromatic heterocycles. The first kappa shape index (κ1) is 36.3. The molecular formula is C36H49N7O5. The van der Waals surface area contributed by atoms with Crippen molar-refractivity contribution in [1.29, 1.82) is 0 Å². The molecule has 1 fully saturated rings. The summed E-state index contributed by atoms with van der Waals surface area (Å²) in [6.45, 7) is 4.91. The van der Waals surface area contributed by atoms with Crippen molar-refractivity contribution in [1.82, 2.24) is 25.8 Å². The molecular weight excluding hydrogens is 610 g/mol. The van der Waals surface area contributed by atoms with E-state index in [2.05, 4.69) is 34.8 Å². The largest absolute Gasteiger partial charge is 0.361 e. The molecule has 0 bridgehead atoms. The van der Waals surface area contributed by atoms with Gasteiger partial charge in [0.15, 0.2) is 0 Å². The minimum Gasteiger partial charge on any atom is -0.361 e. The zero-order valence-corrected chi connectivity index (χ0v) is 27.9. The van der Waals surface area contributed by atoms with Crippen LogP contribution in [0, 0.1) is 5.92 Å². The number of nitrogens with two attached hydrogens (primary N) is 2. The zero-order valence-electron chi connectivity index (χ0n) is 27.9. The topological polar surface area (TPSA) is 193 Å². The number of aromatic amines is 1. The molecule has 1 aliphatic heterocycles. The lowest BCUT2D eigenvalue weighted by Crippen LogP contribution is -2.60. The van der Waals surface area contributed by atoms with Crippen molar-refractivity contribution < 1.29 is 24.0 Å². The summed E-state index contributed by atoms with van der Waals surface area (Å²) in [6.07, 6.45) is 3.81. The maximum absolute atomic E-state index is 14.3. The number of imide groups is 1. The van der Waals surface area contributed by atoms with Gasteiger partial charge in [0.1, 0.15) is 18.1 Å². The predicted octanol–water partition coefficient (Wildman–Crippen LogP) is 2.06. The highest BCUT2D eigenvalue weighted by Crippen LogP contribution is 2.21. The summed E-state index contributed by atoms with van der Waals surface area (Å²) < 4.78 is 0. The summed E-state index contributed by atoms with van der Waals surface area (Å²) in [5, 5.41) is 9.51. The Morgan fingerprint density at radius 3 is 2.44 bits per heavy atom. The molecule has 0 spiro atoms. The molecule has 12 heteroatoms. The summed E-state index contributed by atoms with van der Waals surface area (Å²) in [6, 6.07) is 12.4. The lowest BCUT2D eigenvalue weighted by atomic mass is 10.00. The lowest BCUT2D eigenvalue weighted by molar-refractivity contribution is -0.154. The Morgan fingerprint density at radius 1 is 0.979 bits per heavy atom. The second-order valence-electron chi connectivity index (χ2n) is 12.9. The molecule has 3 aromatic rings. The Kier molecular flexibility index (Phi) is 13.3. The van der Waals surface area contributed by atoms with Gasteiger partial charge in [0, 0.05) is 42.9 Å². The highest BCUT2D eigenvalue weighted by molar-refractivity contribution is 6.05. The van der Waals surface area contributed by atoms with E-state index in [9.17, 15) is 24.0 Å². The second kappa shape index (κ2) is 17.6. The van der Waals surface area contributed by atoms with Crippen LogP contribution in [0.4, 0.5) is 0 Å². The van der Waals surface area contributed by atoms with Crippen LogP contribution in [0.25, 0.3) is 10.9 Å². The first-order valence-electron chi connectivity index (χ1n) is 16.9. The Bertz CT molecular complexity index is 1560. The smallest absolute Gasteiger partial charge is 0.252 e. The third kappa shape index (κ3) is 9.74. The van der Waals surface area contributed by atoms with Crippen LogP contribution in [-0.2, 0) is 36.8 Å². The van der Waals surface area contributed by atoms with Gasteiger partial charge in [0.2, 0.25) is 23.6 Å². The van der Waals surface area contributed by atoms with Gasteiger partial charge in [-0.3, -0.25) is 28.9 Å². The van der Waals surface area contributed by atoms with Crippen LogP contribution in [0.2, 0.25) is 0 Å². The fourth-order valence-electron chi connectivity index (χ4n) is 5.94. The van der Waals surface area contributed by atoms with Gasteiger partial charge in [0.05, 0.1) is 6.04 Å². The lowest BCUT2D eigenvalue weighted by Gasteiger charge is -2.33. The van der Waals surface area contributed by atoms with Gasteiger partial charge in [0.25, 0.3) is 5.91 Å². The molecule has 2 aromatic carbocycles. The van der Waals surface area contributed by atoms with Gasteiger partial charge in [-0.05, 0) is 61.8 Å². The number of carbonyl (C=O) groups excluding carboxylic acids is 5. The van der Waals surface area contributed by atoms with Gasteiger partial charge in [-0.25, -0.2) is 0 Å². The molecule has 5 amide bonds. The molecule has 258 valence electrons. The van der Waals surface area contributed by atoms with E-state index >= 15 is 0 Å². The van der Waals surface area contributed by atoms with Gasteiger partial charge in [-0.15, -0.1) is 0 Å². The number of amides is 5. The molecule has 0 unspecified atom stereocenters. The molecule has 4 rings (SSSR count). The van der Waals surface area contributed by atoms with Crippen LogP contribution < -0.4 is 27.4 Å². The average molecular weight is 660 g/mol. The molecule has 0 aliphatic carbocycles. The van der Waals surface area contributed by atoms with E-state index < -0.39 is 47.8 Å². The number of fused-ring (bicyclic) bond motifs is 1. The molecule has 48 heavy (non-hydrogen) atoms. The summed E-state index contributed by atoms with van der Waals surface area (Å²) in [7, 11) is 0. The Hall–Kier alpha value is -4.55. The Morgan fingerprint density at radius 2 is 1.71 bits per heavy atom. The summed E-state index contributed by atoms with van der Waals surface area (Å²) in [4.78, 5) is 73.2. The molecule has 4 atom stereocenters. The van der Waals surface area contributed by atoms with Crippen LogP contribution in [0.5, 0.6) is 0 Å². The van der Waals surface area contributed by atoms with E-state index in [4.69, 9.17) is 11.5 Å². The molecule has 0 radical (unpaired) electrons. The van der Waals surface area contributed by atoms with Crippen LogP contribution in [0.15, 0.2) is 60.8 Å². The van der Waals surface area contributed by atoms with E-state index in [0.717, 1.165) is 33.4 Å². The number of hydrogen-bond acceptors (Lipinski definition) is 7. The first-order valence-corrected chi connectivity index (χ1v) is 16.9. The first-order chi connectivity index (χ1) is 23.1. The van der Waals surface area contributed by atoms with Gasteiger partial charge in [-0.2, -0.15) is 0 Å². The van der Waals surface area contributed by atoms with Crippen molar-refractivity contribution >= 4 is 40.4 Å². The molecule has 1 saturated heterocycles. The monoisotopic (exact) mass is 659 g/mol. The van der Waals surface area contributed by atoms with Crippen molar-refractivity contribution in [2.24, 2.45) is 17.4 Å². The number of rotatable bonds is 15. The van der Waals surface area contributed by atoms with Crippen molar-refractivity contribution in [2.45, 2.75) is 89.4 Å². The molecule has 0 saturated carbocycles. The summed E-state index contributed by atoms with van der Waals surface area (Å²) in [5.41, 5.74) is 14.4. The third-order valence-electron chi connectivity index (χ3n) is 8.71. The standard InChI is InChI=1S/C36H49N7O5/c1-23(2)17-19-39-34(46)29(21-25-22-40-28-13-7-6-12-26(25)28)41-35(47)31(14-8-9-18-37)43-32(44)16-15-27(38)33(45)42-30(36(43)48)20-24-10-4-3-5-11-24/h3-7,10-13,22-23,27,29-31,40H,8-9,14-21,37-38H2,1-2H3,(H,39,46)(H,41,47)(H,42,45)/t27-,29+,30-,31+/m1/s1. The number of carbonyl (C=O) groups is 5. The minimum atomic E-state index is -1.24. The third-order valence-corrected chi connectivity index (χ3v) is 8.71. The minimum absolute atomic E-state index is 0.00505. The van der Waals surface area contributed by atoms with E-state index in [1.165, 1.54) is 0 Å². The van der Waals surface area contributed by atoms with Crippen molar-refractivity contribution in [3.63, 3.8) is 0 Å². The van der Waals surface area contributed by atoms with Gasteiger partial charge in [-0.1, -0.05) is 62.4 Å². The van der Waals surface area contributed by atoms with Crippen LogP contribution in [0.1, 0.15) is 63.5 Å². The number of nitrogens with zero attached hydrogens (tertiary/aromatic N) is 1. The van der Waals surface area contributed by atoms with Crippen LogP contribution >= 0.6 is 0 Å². The van der Waals surface area contributed by atoms with Crippen molar-refractivity contribution in [3.8, 4) is 0 Å². The highest BCUT2D eigenvalue weighted by Gasteiger charge is 2.41. The molecule has 2 heterocycles. The number of para-hydroxylation sites is 1. The van der Waals surface area contributed by atoms with E-state index in [1.807, 2.05) is 60.8 Å². The fourth-order valence-corrected chi connectivity index (χ4v) is 5.94. The van der Waals surface area contributed by atoms with Crippen molar-refractivity contribution in [3.05, 3.63) is 71.9 Å². The van der Waals surface area contributed by atoms with E-state index in [1.54, 1.807) is 0 Å². The van der Waals surface area contributed by atoms with Gasteiger partial charge < -0.3 is 32.4 Å². The number of benzene rings is 2. The summed E-state index contributed by atoms with van der Waals surface area (Å²) >= 11 is 0. The predicted molar refractivity (Wildman–Crippen MR) is 184 cm³/mol. The SMILES string of the molecule is CC(C)CCNC(=O)[C@H](Cc1c[nH]c2ccccc12)NC(=O)[C@H](CCCCN)N1C(=O)CC[C@@H](N)C(=O)N[C@H](Cc2ccccc2)C1=O. The molecule has 8 N–H and O–H groups in total. The second-order valence-corrected chi connectivity index (χ2v) is 12.9. The van der Waals surface area contributed by atoms with Crippen molar-refractivity contribution in [2.75, 3.05) is 13.1 Å². The quantitative estimate of drug-likeness (QED) is 0.106. The summed E-state index contributed by atoms with van der Waals surface area (Å²) in [5.74, 6) is -2.48. The maximum Gasteiger partial charge on any atom is 0.252 e. The number of nitrogens with one attached hydrogen (secondary N) is 4. The van der Waals surface area contributed by atoms with E-state index in [0.29, 0.717) is 31.8 Å². The Labute approximate surface area is 281 Å². The number of H-pyrrole nitrogens is 1. The number of aromatic nitrogens is 1. The number of hydrogen-bond donors (Lipinski definition) is 6. The maximum atomic E-state index is 14.3. The van der Waals surface area contributed by atoms with Gasteiger partial charge >= 0.3 is 0 Å². The highest BCUT2D eigenvalue weighted by atomic mass is 16.2. The normalized spacial score (nSPS) is 18.5. The number of unbranched alkanes of at least 4 members (excludes halogenated alkanes) is 1. The van der Waals surface area contributed by atoms with Crippen LogP contribution in [0.3, 0.4) is 0 Å². The molecule has 1 aliphatic rings. The van der Waals surface area contributed by atoms with Crippen LogP contribution in [-0.4, -0.2) is 76.7 Å². The zero-order chi connectivity index (χ0) is 34.6. The Balaban J connectivity index is 1.67. The molecule has 12 nitrogen and oxygen atoms in total. The average Bonchev–Trinajstić information content (AvgIpc) is 3.49. The van der Waals surface area contributed by atoms with E-state index in [-0.39, 0.29) is 38.0 Å².